The Bertz CT molecular complexity index is 554. The van der Waals surface area contributed by atoms with Crippen molar-refractivity contribution in [1.82, 2.24) is 0 Å². The van der Waals surface area contributed by atoms with Crippen LogP contribution in [-0.2, 0) is 9.53 Å². The molecule has 2 aliphatic carbocycles. The van der Waals surface area contributed by atoms with Crippen LogP contribution < -0.4 is 0 Å². The summed E-state index contributed by atoms with van der Waals surface area (Å²) in [5.74, 6) is 1.14. The second-order valence-electron chi connectivity index (χ2n) is 7.89. The van der Waals surface area contributed by atoms with Gasteiger partial charge in [-0.3, -0.25) is 0 Å². The number of esters is 1. The van der Waals surface area contributed by atoms with Gasteiger partial charge in [-0.25, -0.2) is 4.79 Å². The summed E-state index contributed by atoms with van der Waals surface area (Å²) in [6.45, 7) is 11.0. The van der Waals surface area contributed by atoms with Gasteiger partial charge in [-0.2, -0.15) is 0 Å². The second-order valence-corrected chi connectivity index (χ2v) is 7.89. The highest BCUT2D eigenvalue weighted by Gasteiger charge is 2.44. The molecule has 0 aromatic heterocycles. The maximum atomic E-state index is 12.0. The standard InChI is InChI=1S/C20H28O2/c1-13(2)17-8-10-20(4)9-7-14(3)11-16-12-15(19(21)22-16)5-6-18(17)20/h7,12,16-18H,1,5-6,8-11H2,2-4H3/b14-7+/t16?,17-,18+,20+/m1/s1. The molecule has 0 amide bonds. The fourth-order valence-corrected chi connectivity index (χ4v) is 4.70. The van der Waals surface area contributed by atoms with Crippen molar-refractivity contribution in [2.24, 2.45) is 17.3 Å². The van der Waals surface area contributed by atoms with Gasteiger partial charge in [-0.15, -0.1) is 0 Å². The number of allylic oxidation sites excluding steroid dienone is 2. The summed E-state index contributed by atoms with van der Waals surface area (Å²) in [5.41, 5.74) is 3.90. The summed E-state index contributed by atoms with van der Waals surface area (Å²) in [4.78, 5) is 12.0. The molecule has 0 spiro atoms. The topological polar surface area (TPSA) is 26.3 Å². The maximum absolute atomic E-state index is 12.0. The van der Waals surface area contributed by atoms with E-state index in [4.69, 9.17) is 4.74 Å². The summed E-state index contributed by atoms with van der Waals surface area (Å²) >= 11 is 0. The minimum Gasteiger partial charge on any atom is -0.454 e. The van der Waals surface area contributed by atoms with E-state index in [-0.39, 0.29) is 12.1 Å². The van der Waals surface area contributed by atoms with Gasteiger partial charge < -0.3 is 4.74 Å². The van der Waals surface area contributed by atoms with Crippen molar-refractivity contribution >= 4 is 5.97 Å². The Morgan fingerprint density at radius 3 is 2.91 bits per heavy atom. The molecular formula is C20H28O2. The van der Waals surface area contributed by atoms with Crippen LogP contribution in [0, 0.1) is 17.3 Å². The average molecular weight is 300 g/mol. The normalized spacial score (nSPS) is 40.9. The van der Waals surface area contributed by atoms with Gasteiger partial charge in [0.2, 0.25) is 0 Å². The molecule has 3 aliphatic rings. The van der Waals surface area contributed by atoms with Gasteiger partial charge in [0.1, 0.15) is 6.10 Å². The minimum atomic E-state index is -0.0926. The second kappa shape index (κ2) is 5.72. The maximum Gasteiger partial charge on any atom is 0.334 e. The number of fused-ring (bicyclic) bond motifs is 2. The monoisotopic (exact) mass is 300 g/mol. The quantitative estimate of drug-likeness (QED) is 0.505. The van der Waals surface area contributed by atoms with Gasteiger partial charge in [0.25, 0.3) is 0 Å². The molecule has 1 unspecified atom stereocenters. The van der Waals surface area contributed by atoms with Crippen molar-refractivity contribution in [3.63, 3.8) is 0 Å². The van der Waals surface area contributed by atoms with E-state index in [1.165, 1.54) is 24.0 Å². The first-order chi connectivity index (χ1) is 10.4. The van der Waals surface area contributed by atoms with E-state index in [1.54, 1.807) is 0 Å². The van der Waals surface area contributed by atoms with Crippen LogP contribution in [0.25, 0.3) is 0 Å². The lowest BCUT2D eigenvalue weighted by molar-refractivity contribution is -0.139. The van der Waals surface area contributed by atoms with Crippen LogP contribution in [0.3, 0.4) is 0 Å². The molecule has 1 saturated carbocycles. The molecule has 2 bridgehead atoms. The largest absolute Gasteiger partial charge is 0.454 e. The molecule has 0 N–H and O–H groups in total. The van der Waals surface area contributed by atoms with Gasteiger partial charge in [0.15, 0.2) is 0 Å². The molecule has 1 aliphatic heterocycles. The van der Waals surface area contributed by atoms with Crippen LogP contribution in [0.4, 0.5) is 0 Å². The van der Waals surface area contributed by atoms with Crippen LogP contribution >= 0.6 is 0 Å². The summed E-state index contributed by atoms with van der Waals surface area (Å²) in [7, 11) is 0. The number of carbonyl (C=O) groups excluding carboxylic acids is 1. The predicted molar refractivity (Wildman–Crippen MR) is 89.3 cm³/mol. The molecule has 0 saturated heterocycles. The Kier molecular flexibility index (Phi) is 4.05. The van der Waals surface area contributed by atoms with Crippen LogP contribution in [0.2, 0.25) is 0 Å². The van der Waals surface area contributed by atoms with E-state index >= 15 is 0 Å². The molecule has 120 valence electrons. The van der Waals surface area contributed by atoms with Crippen LogP contribution in [0.1, 0.15) is 59.3 Å². The number of rotatable bonds is 1. The Morgan fingerprint density at radius 1 is 1.41 bits per heavy atom. The van der Waals surface area contributed by atoms with E-state index in [1.807, 2.05) is 0 Å². The molecule has 1 fully saturated rings. The smallest absolute Gasteiger partial charge is 0.334 e. The van der Waals surface area contributed by atoms with Crippen molar-refractivity contribution in [3.8, 4) is 0 Å². The van der Waals surface area contributed by atoms with Crippen molar-refractivity contribution in [2.45, 2.75) is 65.4 Å². The molecule has 0 aromatic rings. The first-order valence-electron chi connectivity index (χ1n) is 8.62. The number of hydrogen-bond acceptors (Lipinski definition) is 2. The highest BCUT2D eigenvalue weighted by Crippen LogP contribution is 2.54. The molecule has 1 heterocycles. The third-order valence-electron chi connectivity index (χ3n) is 6.11. The summed E-state index contributed by atoms with van der Waals surface area (Å²) in [6.07, 6.45) is 10.9. The van der Waals surface area contributed by atoms with Gasteiger partial charge >= 0.3 is 5.97 Å². The van der Waals surface area contributed by atoms with Crippen molar-refractivity contribution in [3.05, 3.63) is 35.5 Å². The van der Waals surface area contributed by atoms with Crippen LogP contribution in [-0.4, -0.2) is 12.1 Å². The molecule has 2 heteroatoms. The number of carbonyl (C=O) groups is 1. The highest BCUT2D eigenvalue weighted by molar-refractivity contribution is 5.90. The third kappa shape index (κ3) is 2.80. The van der Waals surface area contributed by atoms with Gasteiger partial charge in [-0.05, 0) is 69.3 Å². The fourth-order valence-electron chi connectivity index (χ4n) is 4.70. The van der Waals surface area contributed by atoms with Gasteiger partial charge in [0.05, 0.1) is 0 Å². The Morgan fingerprint density at radius 2 is 2.18 bits per heavy atom. The molecule has 0 radical (unpaired) electrons. The minimum absolute atomic E-state index is 0.0403. The third-order valence-corrected chi connectivity index (χ3v) is 6.11. The average Bonchev–Trinajstić information content (AvgIpc) is 2.94. The van der Waals surface area contributed by atoms with E-state index in [2.05, 4.69) is 39.5 Å². The highest BCUT2D eigenvalue weighted by atomic mass is 16.5. The van der Waals surface area contributed by atoms with E-state index in [9.17, 15) is 4.79 Å². The predicted octanol–water partition coefficient (Wildman–Crippen LogP) is 4.97. The van der Waals surface area contributed by atoms with E-state index < -0.39 is 0 Å². The molecule has 4 atom stereocenters. The first-order valence-corrected chi connectivity index (χ1v) is 8.62. The molecular weight excluding hydrogens is 272 g/mol. The fraction of sp³-hybridized carbons (Fsp3) is 0.650. The zero-order valence-electron chi connectivity index (χ0n) is 14.2. The zero-order chi connectivity index (χ0) is 15.9. The SMILES string of the molecule is C=C(C)[C@H]1CC[C@]2(C)C/C=C(\C)CC3C=C(CC[C@@H]12)C(=O)O3. The van der Waals surface area contributed by atoms with Crippen molar-refractivity contribution in [1.29, 1.82) is 0 Å². The number of hydrogen-bond donors (Lipinski definition) is 0. The molecule has 0 aromatic carbocycles. The molecule has 22 heavy (non-hydrogen) atoms. The molecule has 3 rings (SSSR count). The summed E-state index contributed by atoms with van der Waals surface area (Å²) < 4.78 is 5.49. The Hall–Kier alpha value is -1.31. The Labute approximate surface area is 134 Å². The van der Waals surface area contributed by atoms with E-state index in [0.717, 1.165) is 31.3 Å². The van der Waals surface area contributed by atoms with Crippen LogP contribution in [0.15, 0.2) is 35.5 Å². The molecule has 2 nitrogen and oxygen atoms in total. The van der Waals surface area contributed by atoms with Crippen molar-refractivity contribution < 1.29 is 9.53 Å². The lowest BCUT2D eigenvalue weighted by Gasteiger charge is -2.34. The van der Waals surface area contributed by atoms with E-state index in [0.29, 0.717) is 17.3 Å². The first kappa shape index (κ1) is 15.6. The van der Waals surface area contributed by atoms with Crippen molar-refractivity contribution in [2.75, 3.05) is 0 Å². The van der Waals surface area contributed by atoms with Crippen LogP contribution in [0.5, 0.6) is 0 Å². The summed E-state index contributed by atoms with van der Waals surface area (Å²) in [5, 5.41) is 0. The lowest BCUT2D eigenvalue weighted by atomic mass is 9.70. The van der Waals surface area contributed by atoms with Gasteiger partial charge in [-0.1, -0.05) is 30.7 Å². The zero-order valence-corrected chi connectivity index (χ0v) is 14.2. The Balaban J connectivity index is 1.91. The van der Waals surface area contributed by atoms with Gasteiger partial charge in [0, 0.05) is 12.0 Å². The number of ether oxygens (including phenoxy) is 1. The summed E-state index contributed by atoms with van der Waals surface area (Å²) in [6, 6.07) is 0. The lowest BCUT2D eigenvalue weighted by Crippen LogP contribution is -2.26.